The molecule has 1 heteroatoms. The van der Waals surface area contributed by atoms with Crippen molar-refractivity contribution in [1.29, 1.82) is 0 Å². The zero-order chi connectivity index (χ0) is 36.2. The van der Waals surface area contributed by atoms with E-state index in [1.807, 2.05) is 0 Å². The molecule has 0 unspecified atom stereocenters. The van der Waals surface area contributed by atoms with Crippen LogP contribution in [0.2, 0.25) is 0 Å². The fourth-order valence-corrected chi connectivity index (χ4v) is 8.79. The van der Waals surface area contributed by atoms with Gasteiger partial charge in [0.25, 0.3) is 0 Å². The van der Waals surface area contributed by atoms with E-state index >= 15 is 0 Å². The second-order valence-corrected chi connectivity index (χ2v) is 14.9. The summed E-state index contributed by atoms with van der Waals surface area (Å²) in [5, 5.41) is 4.93. The van der Waals surface area contributed by atoms with Gasteiger partial charge in [0.05, 0.1) is 11.4 Å². The van der Waals surface area contributed by atoms with Crippen molar-refractivity contribution >= 4 is 38.6 Å². The van der Waals surface area contributed by atoms with Gasteiger partial charge in [-0.15, -0.1) is 0 Å². The average Bonchev–Trinajstić information content (AvgIpc) is 3.47. The Bertz CT molecular complexity index is 2770. The Hall–Kier alpha value is -6.70. The Labute approximate surface area is 317 Å². The van der Waals surface area contributed by atoms with E-state index in [-0.39, 0.29) is 5.41 Å². The summed E-state index contributed by atoms with van der Waals surface area (Å²) in [4.78, 5) is 2.56. The van der Waals surface area contributed by atoms with Gasteiger partial charge < -0.3 is 4.90 Å². The number of rotatable bonds is 6. The van der Waals surface area contributed by atoms with Gasteiger partial charge in [-0.2, -0.15) is 0 Å². The van der Waals surface area contributed by atoms with Gasteiger partial charge in [-0.1, -0.05) is 184 Å². The van der Waals surface area contributed by atoms with Gasteiger partial charge in [-0.25, -0.2) is 0 Å². The van der Waals surface area contributed by atoms with Crippen LogP contribution in [0.3, 0.4) is 0 Å². The van der Waals surface area contributed by atoms with Gasteiger partial charge in [0, 0.05) is 27.6 Å². The summed E-state index contributed by atoms with van der Waals surface area (Å²) in [6, 6.07) is 73.6. The van der Waals surface area contributed by atoms with Crippen molar-refractivity contribution in [3.8, 4) is 44.5 Å². The lowest BCUT2D eigenvalue weighted by Gasteiger charge is -2.33. The van der Waals surface area contributed by atoms with Gasteiger partial charge >= 0.3 is 0 Å². The van der Waals surface area contributed by atoms with Crippen LogP contribution in [-0.2, 0) is 5.41 Å². The van der Waals surface area contributed by atoms with Crippen LogP contribution in [0.5, 0.6) is 0 Å². The molecule has 0 saturated heterocycles. The second-order valence-electron chi connectivity index (χ2n) is 14.9. The first kappa shape index (κ1) is 32.0. The van der Waals surface area contributed by atoms with Crippen LogP contribution >= 0.6 is 0 Å². The number of hydrogen-bond donors (Lipinski definition) is 0. The molecule has 1 nitrogen and oxygen atoms in total. The molecule has 9 aromatic rings. The van der Waals surface area contributed by atoms with E-state index in [4.69, 9.17) is 0 Å². The van der Waals surface area contributed by atoms with Crippen LogP contribution in [-0.4, -0.2) is 0 Å². The molecule has 0 saturated carbocycles. The Morgan fingerprint density at radius 2 is 0.870 bits per heavy atom. The molecule has 0 bridgehead atoms. The zero-order valence-electron chi connectivity index (χ0n) is 30.5. The molecular weight excluding hydrogens is 651 g/mol. The third kappa shape index (κ3) is 5.16. The molecule has 1 aliphatic carbocycles. The van der Waals surface area contributed by atoms with Gasteiger partial charge in [0.15, 0.2) is 0 Å². The summed E-state index contributed by atoms with van der Waals surface area (Å²) < 4.78 is 0. The molecule has 256 valence electrons. The first-order chi connectivity index (χ1) is 26.6. The predicted octanol–water partition coefficient (Wildman–Crippen LogP) is 14.8. The molecule has 0 aromatic heterocycles. The van der Waals surface area contributed by atoms with Crippen molar-refractivity contribution in [3.63, 3.8) is 0 Å². The van der Waals surface area contributed by atoms with Crippen LogP contribution in [0.4, 0.5) is 17.1 Å². The molecule has 0 spiro atoms. The highest BCUT2D eigenvalue weighted by molar-refractivity contribution is 6.16. The molecule has 54 heavy (non-hydrogen) atoms. The summed E-state index contributed by atoms with van der Waals surface area (Å²) in [6.07, 6.45) is 0. The van der Waals surface area contributed by atoms with Gasteiger partial charge in [-0.3, -0.25) is 0 Å². The fourth-order valence-electron chi connectivity index (χ4n) is 8.79. The van der Waals surface area contributed by atoms with E-state index in [1.54, 1.807) is 0 Å². The maximum absolute atomic E-state index is 2.56. The van der Waals surface area contributed by atoms with Crippen LogP contribution < -0.4 is 4.90 Å². The van der Waals surface area contributed by atoms with Crippen molar-refractivity contribution in [2.75, 3.05) is 4.90 Å². The third-order valence-corrected chi connectivity index (χ3v) is 11.4. The molecule has 10 rings (SSSR count). The van der Waals surface area contributed by atoms with Crippen LogP contribution in [0, 0.1) is 0 Å². The minimum absolute atomic E-state index is 0.152. The molecule has 0 amide bonds. The van der Waals surface area contributed by atoms with Crippen molar-refractivity contribution < 1.29 is 0 Å². The van der Waals surface area contributed by atoms with E-state index in [1.165, 1.54) is 77.2 Å². The highest BCUT2D eigenvalue weighted by Crippen LogP contribution is 2.54. The molecular formula is C53H39N. The van der Waals surface area contributed by atoms with Gasteiger partial charge in [0.1, 0.15) is 0 Å². The number of hydrogen-bond acceptors (Lipinski definition) is 1. The molecule has 0 aliphatic heterocycles. The van der Waals surface area contributed by atoms with E-state index in [0.717, 1.165) is 17.1 Å². The van der Waals surface area contributed by atoms with Crippen LogP contribution in [0.25, 0.3) is 66.1 Å². The predicted molar refractivity (Wildman–Crippen MR) is 230 cm³/mol. The summed E-state index contributed by atoms with van der Waals surface area (Å²) in [5.74, 6) is 0. The standard InChI is InChI=1S/C53H39N/c1-53(2)49-29-17-16-27-44(49)45-31-30-41(35-50(45)53)54(51-34-39-24-12-13-25-42(39)43-26-14-15-28-46(43)51)52-47(37-20-8-4-9-21-37)32-40(36-18-6-3-7-19-36)33-48(52)38-22-10-5-11-23-38/h3-35H,1-2H3. The summed E-state index contributed by atoms with van der Waals surface area (Å²) in [6.45, 7) is 4.74. The Morgan fingerprint density at radius 1 is 0.352 bits per heavy atom. The minimum atomic E-state index is -0.152. The molecule has 9 aromatic carbocycles. The lowest BCUT2D eigenvalue weighted by atomic mass is 9.82. The topological polar surface area (TPSA) is 3.24 Å². The zero-order valence-corrected chi connectivity index (χ0v) is 30.5. The van der Waals surface area contributed by atoms with E-state index in [9.17, 15) is 0 Å². The van der Waals surface area contributed by atoms with E-state index in [0.29, 0.717) is 0 Å². The summed E-state index contributed by atoms with van der Waals surface area (Å²) in [7, 11) is 0. The Kier molecular flexibility index (Phi) is 7.56. The van der Waals surface area contributed by atoms with Crippen LogP contribution in [0.1, 0.15) is 25.0 Å². The largest absolute Gasteiger partial charge is 0.309 e. The first-order valence-corrected chi connectivity index (χ1v) is 18.9. The maximum Gasteiger partial charge on any atom is 0.0619 e. The quantitative estimate of drug-likeness (QED) is 0.157. The third-order valence-electron chi connectivity index (χ3n) is 11.4. The van der Waals surface area contributed by atoms with Crippen LogP contribution in [0.15, 0.2) is 200 Å². The number of anilines is 3. The van der Waals surface area contributed by atoms with Crippen molar-refractivity contribution in [2.45, 2.75) is 19.3 Å². The molecule has 1 aliphatic rings. The SMILES string of the molecule is CC1(C)c2ccccc2-c2ccc(N(c3c(-c4ccccc4)cc(-c4ccccc4)cc3-c3ccccc3)c3cc4ccccc4c4ccccc34)cc21. The fraction of sp³-hybridized carbons (Fsp3) is 0.0566. The normalized spacial score (nSPS) is 12.8. The van der Waals surface area contributed by atoms with Gasteiger partial charge in [0.2, 0.25) is 0 Å². The minimum Gasteiger partial charge on any atom is -0.309 e. The molecule has 0 atom stereocenters. The Balaban J connectivity index is 1.36. The van der Waals surface area contributed by atoms with Crippen molar-refractivity contribution in [1.82, 2.24) is 0 Å². The average molecular weight is 690 g/mol. The second kappa shape index (κ2) is 12.8. The number of fused-ring (bicyclic) bond motifs is 6. The monoisotopic (exact) mass is 689 g/mol. The molecule has 0 fully saturated rings. The van der Waals surface area contributed by atoms with Gasteiger partial charge in [-0.05, 0) is 91.0 Å². The lowest BCUT2D eigenvalue weighted by molar-refractivity contribution is 0.660. The highest BCUT2D eigenvalue weighted by Gasteiger charge is 2.36. The highest BCUT2D eigenvalue weighted by atomic mass is 15.1. The summed E-state index contributed by atoms with van der Waals surface area (Å²) >= 11 is 0. The van der Waals surface area contributed by atoms with E-state index < -0.39 is 0 Å². The smallest absolute Gasteiger partial charge is 0.0619 e. The maximum atomic E-state index is 2.56. The first-order valence-electron chi connectivity index (χ1n) is 18.9. The number of benzene rings is 9. The van der Waals surface area contributed by atoms with Crippen molar-refractivity contribution in [3.05, 3.63) is 211 Å². The molecule has 0 radical (unpaired) electrons. The lowest BCUT2D eigenvalue weighted by Crippen LogP contribution is -2.17. The summed E-state index contributed by atoms with van der Waals surface area (Å²) in [5.41, 5.74) is 15.7. The van der Waals surface area contributed by atoms with E-state index in [2.05, 4.69) is 219 Å². The van der Waals surface area contributed by atoms with Crippen molar-refractivity contribution in [2.24, 2.45) is 0 Å². The Morgan fingerprint density at radius 3 is 1.54 bits per heavy atom. The molecule has 0 heterocycles. The number of nitrogens with zero attached hydrogens (tertiary/aromatic N) is 1. The molecule has 0 N–H and O–H groups in total.